The van der Waals surface area contributed by atoms with Gasteiger partial charge >= 0.3 is 5.69 Å². The van der Waals surface area contributed by atoms with Crippen molar-refractivity contribution in [3.8, 4) is 0 Å². The van der Waals surface area contributed by atoms with Gasteiger partial charge in [-0.25, -0.2) is 4.98 Å². The zero-order valence-corrected chi connectivity index (χ0v) is 10.4. The van der Waals surface area contributed by atoms with Crippen LogP contribution in [0.4, 0.5) is 17.5 Å². The summed E-state index contributed by atoms with van der Waals surface area (Å²) >= 11 is 0. The normalized spacial score (nSPS) is 11.1. The van der Waals surface area contributed by atoms with E-state index in [2.05, 4.69) is 20.6 Å². The lowest BCUT2D eigenvalue weighted by Gasteiger charge is -2.19. The Kier molecular flexibility index (Phi) is 3.82. The highest BCUT2D eigenvalue weighted by molar-refractivity contribution is 5.56. The zero-order chi connectivity index (χ0) is 13.1. The highest BCUT2D eigenvalue weighted by Gasteiger charge is 2.19. The van der Waals surface area contributed by atoms with Crippen LogP contribution in [0.5, 0.6) is 0 Å². The lowest BCUT2D eigenvalue weighted by atomic mass is 9.97. The first-order chi connectivity index (χ1) is 7.83. The number of hydrogen-bond acceptors (Lipinski definition) is 6. The third-order valence-electron chi connectivity index (χ3n) is 1.98. The number of nitrogens with one attached hydrogen (secondary N) is 2. The van der Waals surface area contributed by atoms with Crippen molar-refractivity contribution in [2.75, 3.05) is 24.2 Å². The second-order valence-corrected chi connectivity index (χ2v) is 4.85. The van der Waals surface area contributed by atoms with Crippen LogP contribution in [-0.2, 0) is 0 Å². The van der Waals surface area contributed by atoms with E-state index in [1.54, 1.807) is 7.05 Å². The largest absolute Gasteiger partial charge is 0.364 e. The molecule has 1 aromatic rings. The van der Waals surface area contributed by atoms with Crippen LogP contribution < -0.4 is 10.6 Å². The van der Waals surface area contributed by atoms with Crippen molar-refractivity contribution >= 4 is 17.5 Å². The molecule has 17 heavy (non-hydrogen) atoms. The number of anilines is 2. The number of nitro groups is 1. The molecule has 0 fully saturated rings. The lowest BCUT2D eigenvalue weighted by molar-refractivity contribution is -0.384. The van der Waals surface area contributed by atoms with Gasteiger partial charge in [-0.15, -0.1) is 0 Å². The Morgan fingerprint density at radius 2 is 2.12 bits per heavy atom. The second-order valence-electron chi connectivity index (χ2n) is 4.85. The van der Waals surface area contributed by atoms with Crippen molar-refractivity contribution in [1.29, 1.82) is 0 Å². The maximum Gasteiger partial charge on any atom is 0.329 e. The van der Waals surface area contributed by atoms with E-state index < -0.39 is 4.92 Å². The third-order valence-corrected chi connectivity index (χ3v) is 1.98. The minimum Gasteiger partial charge on any atom is -0.364 e. The molecule has 1 heterocycles. The lowest BCUT2D eigenvalue weighted by Crippen LogP contribution is -2.20. The molecule has 1 aromatic heterocycles. The van der Waals surface area contributed by atoms with E-state index in [-0.39, 0.29) is 16.9 Å². The summed E-state index contributed by atoms with van der Waals surface area (Å²) in [6.07, 6.45) is 1.20. The van der Waals surface area contributed by atoms with Crippen LogP contribution in [0.2, 0.25) is 0 Å². The molecule has 0 atom stereocenters. The average Bonchev–Trinajstić information content (AvgIpc) is 2.24. The van der Waals surface area contributed by atoms with Crippen LogP contribution in [0, 0.1) is 15.5 Å². The standard InChI is InChI=1S/C10H17N5O2/c1-10(2,3)6-13-8-7(15(16)17)5-12-9(11-4)14-8/h5H,6H2,1-4H3,(H2,11,12,13,14). The average molecular weight is 239 g/mol. The van der Waals surface area contributed by atoms with Gasteiger partial charge in [0, 0.05) is 13.6 Å². The summed E-state index contributed by atoms with van der Waals surface area (Å²) in [5.41, 5.74) is -0.105. The summed E-state index contributed by atoms with van der Waals surface area (Å²) in [6.45, 7) is 6.69. The van der Waals surface area contributed by atoms with Gasteiger partial charge in [0.05, 0.1) is 4.92 Å². The summed E-state index contributed by atoms with van der Waals surface area (Å²) < 4.78 is 0. The SMILES string of the molecule is CNc1ncc([N+](=O)[O-])c(NCC(C)(C)C)n1. The molecule has 7 heteroatoms. The topological polar surface area (TPSA) is 93.0 Å². The van der Waals surface area contributed by atoms with Gasteiger partial charge in [-0.2, -0.15) is 4.98 Å². The summed E-state index contributed by atoms with van der Waals surface area (Å²) in [6, 6.07) is 0. The molecule has 0 aliphatic heterocycles. The van der Waals surface area contributed by atoms with Crippen LogP contribution in [0.15, 0.2) is 6.20 Å². The van der Waals surface area contributed by atoms with E-state index in [1.807, 2.05) is 20.8 Å². The van der Waals surface area contributed by atoms with Gasteiger partial charge in [-0.05, 0) is 5.41 Å². The first-order valence-corrected chi connectivity index (χ1v) is 5.26. The van der Waals surface area contributed by atoms with Gasteiger partial charge in [0.15, 0.2) is 0 Å². The third kappa shape index (κ3) is 3.86. The van der Waals surface area contributed by atoms with E-state index in [0.717, 1.165) is 0 Å². The van der Waals surface area contributed by atoms with E-state index in [4.69, 9.17) is 0 Å². The number of hydrogen-bond donors (Lipinski definition) is 2. The highest BCUT2D eigenvalue weighted by atomic mass is 16.6. The van der Waals surface area contributed by atoms with Crippen LogP contribution >= 0.6 is 0 Å². The molecule has 1 rings (SSSR count). The summed E-state index contributed by atoms with van der Waals surface area (Å²) in [4.78, 5) is 18.2. The molecule has 0 saturated heterocycles. The molecule has 0 aromatic carbocycles. The van der Waals surface area contributed by atoms with Gasteiger partial charge in [0.1, 0.15) is 6.20 Å². The minimum atomic E-state index is -0.496. The maximum absolute atomic E-state index is 10.8. The molecule has 0 amide bonds. The molecular weight excluding hydrogens is 222 g/mol. The van der Waals surface area contributed by atoms with E-state index >= 15 is 0 Å². The summed E-state index contributed by atoms with van der Waals surface area (Å²) in [5.74, 6) is 0.594. The van der Waals surface area contributed by atoms with Crippen LogP contribution in [0.25, 0.3) is 0 Å². The van der Waals surface area contributed by atoms with Crippen molar-refractivity contribution in [2.45, 2.75) is 20.8 Å². The van der Waals surface area contributed by atoms with Gasteiger partial charge in [0.25, 0.3) is 0 Å². The molecule has 0 radical (unpaired) electrons. The van der Waals surface area contributed by atoms with Crippen LogP contribution in [-0.4, -0.2) is 28.5 Å². The van der Waals surface area contributed by atoms with Crippen molar-refractivity contribution in [1.82, 2.24) is 9.97 Å². The number of rotatable bonds is 4. The van der Waals surface area contributed by atoms with E-state index in [0.29, 0.717) is 12.5 Å². The minimum absolute atomic E-state index is 0.0125. The van der Waals surface area contributed by atoms with E-state index in [1.165, 1.54) is 6.20 Å². The molecule has 0 saturated carbocycles. The Morgan fingerprint density at radius 1 is 1.47 bits per heavy atom. The molecule has 0 unspecified atom stereocenters. The molecule has 0 aliphatic carbocycles. The molecule has 0 bridgehead atoms. The predicted octanol–water partition coefficient (Wildman–Crippen LogP) is 1.88. The van der Waals surface area contributed by atoms with E-state index in [9.17, 15) is 10.1 Å². The van der Waals surface area contributed by atoms with Gasteiger partial charge in [0.2, 0.25) is 11.8 Å². The maximum atomic E-state index is 10.8. The Labute approximate surface area is 99.8 Å². The first-order valence-electron chi connectivity index (χ1n) is 5.26. The van der Waals surface area contributed by atoms with Gasteiger partial charge < -0.3 is 10.6 Å². The fourth-order valence-corrected chi connectivity index (χ4v) is 1.11. The van der Waals surface area contributed by atoms with Crippen molar-refractivity contribution in [2.24, 2.45) is 5.41 Å². The summed E-state index contributed by atoms with van der Waals surface area (Å²) in [5, 5.41) is 16.5. The Hall–Kier alpha value is -1.92. The Morgan fingerprint density at radius 3 is 2.59 bits per heavy atom. The Balaban J connectivity index is 2.97. The molecular formula is C10H17N5O2. The van der Waals surface area contributed by atoms with Crippen molar-refractivity contribution in [3.05, 3.63) is 16.3 Å². The fourth-order valence-electron chi connectivity index (χ4n) is 1.11. The monoisotopic (exact) mass is 239 g/mol. The van der Waals surface area contributed by atoms with Gasteiger partial charge in [-0.3, -0.25) is 10.1 Å². The molecule has 0 spiro atoms. The van der Waals surface area contributed by atoms with Crippen LogP contribution in [0.1, 0.15) is 20.8 Å². The summed E-state index contributed by atoms with van der Waals surface area (Å²) in [7, 11) is 1.66. The first kappa shape index (κ1) is 13.1. The number of nitrogens with zero attached hydrogens (tertiary/aromatic N) is 3. The fraction of sp³-hybridized carbons (Fsp3) is 0.600. The highest BCUT2D eigenvalue weighted by Crippen LogP contribution is 2.23. The van der Waals surface area contributed by atoms with Gasteiger partial charge in [-0.1, -0.05) is 20.8 Å². The molecule has 2 N–H and O–H groups in total. The smallest absolute Gasteiger partial charge is 0.329 e. The van der Waals surface area contributed by atoms with Crippen molar-refractivity contribution in [3.63, 3.8) is 0 Å². The molecule has 7 nitrogen and oxygen atoms in total. The van der Waals surface area contributed by atoms with Crippen molar-refractivity contribution < 1.29 is 4.92 Å². The van der Waals surface area contributed by atoms with Crippen LogP contribution in [0.3, 0.4) is 0 Å². The second kappa shape index (κ2) is 4.94. The molecule has 94 valence electrons. The molecule has 0 aliphatic rings. The number of aromatic nitrogens is 2. The Bertz CT molecular complexity index is 414. The quantitative estimate of drug-likeness (QED) is 0.615. The zero-order valence-electron chi connectivity index (χ0n) is 10.4. The predicted molar refractivity (Wildman–Crippen MR) is 66.2 cm³/mol.